The fraction of sp³-hybridized carbons (Fsp3) is 0.800. The molecule has 3 aliphatic rings. The summed E-state index contributed by atoms with van der Waals surface area (Å²) in [5, 5.41) is 4.70. The third kappa shape index (κ3) is 4.32. The first kappa shape index (κ1) is 17.2. The smallest absolute Gasteiger partial charge is 0.267 e. The molecule has 1 aliphatic carbocycles. The summed E-state index contributed by atoms with van der Waals surface area (Å²) in [6.07, 6.45) is 9.66. The summed E-state index contributed by atoms with van der Waals surface area (Å²) in [6, 6.07) is 1.85. The van der Waals surface area contributed by atoms with Gasteiger partial charge in [-0.1, -0.05) is 0 Å². The molecule has 2 aliphatic heterocycles. The average molecular weight is 345 g/mol. The highest BCUT2D eigenvalue weighted by Crippen LogP contribution is 2.20. The number of piperidine rings is 1. The highest BCUT2D eigenvalue weighted by molar-refractivity contribution is 5.20. The van der Waals surface area contributed by atoms with Crippen molar-refractivity contribution in [3.05, 3.63) is 27.7 Å². The van der Waals surface area contributed by atoms with Crippen LogP contribution < -0.4 is 5.56 Å². The molecule has 1 aromatic rings. The van der Waals surface area contributed by atoms with Gasteiger partial charge in [-0.25, -0.2) is 4.68 Å². The van der Waals surface area contributed by atoms with Crippen molar-refractivity contribution >= 4 is 0 Å². The van der Waals surface area contributed by atoms with E-state index in [1.807, 2.05) is 6.07 Å². The van der Waals surface area contributed by atoms with Crippen LogP contribution in [0.5, 0.6) is 0 Å². The Morgan fingerprint density at radius 1 is 0.920 bits per heavy atom. The second kappa shape index (κ2) is 8.00. The summed E-state index contributed by atoms with van der Waals surface area (Å²) in [4.78, 5) is 17.6. The van der Waals surface area contributed by atoms with Gasteiger partial charge in [0.1, 0.15) is 0 Å². The summed E-state index contributed by atoms with van der Waals surface area (Å²) in [5.74, 6) is 0.606. The van der Waals surface area contributed by atoms with E-state index < -0.39 is 0 Å². The summed E-state index contributed by atoms with van der Waals surface area (Å²) < 4.78 is 1.76. The van der Waals surface area contributed by atoms with Crippen LogP contribution in [0.1, 0.15) is 49.8 Å². The van der Waals surface area contributed by atoms with Crippen molar-refractivity contribution in [1.82, 2.24) is 19.6 Å². The van der Waals surface area contributed by atoms with Gasteiger partial charge in [-0.05, 0) is 89.0 Å². The quantitative estimate of drug-likeness (QED) is 0.818. The van der Waals surface area contributed by atoms with Gasteiger partial charge in [-0.3, -0.25) is 4.79 Å². The summed E-state index contributed by atoms with van der Waals surface area (Å²) >= 11 is 0. The van der Waals surface area contributed by atoms with Crippen LogP contribution in [0.2, 0.25) is 0 Å². The van der Waals surface area contributed by atoms with Gasteiger partial charge in [0.2, 0.25) is 0 Å². The molecular weight excluding hydrogens is 312 g/mol. The summed E-state index contributed by atoms with van der Waals surface area (Å²) in [7, 11) is 0. The second-order valence-electron chi connectivity index (χ2n) is 8.18. The van der Waals surface area contributed by atoms with Crippen molar-refractivity contribution < 1.29 is 0 Å². The van der Waals surface area contributed by atoms with Crippen LogP contribution in [-0.2, 0) is 19.4 Å². The Morgan fingerprint density at radius 2 is 1.60 bits per heavy atom. The Bertz CT molecular complexity index is 627. The monoisotopic (exact) mass is 344 g/mol. The number of fused-ring (bicyclic) bond motifs is 1. The van der Waals surface area contributed by atoms with E-state index in [-0.39, 0.29) is 5.56 Å². The SMILES string of the molecule is O=c1cc2c(nn1CC1CCN(CCN3CCCC3)CC1)CCCC2. The maximum Gasteiger partial charge on any atom is 0.267 e. The van der Waals surface area contributed by atoms with Crippen LogP contribution in [0.15, 0.2) is 10.9 Å². The third-order valence-electron chi connectivity index (χ3n) is 6.34. The standard InChI is InChI=1S/C20H32N4O/c25-20-15-18-5-1-2-6-19(18)21-24(20)16-17-7-11-23(12-8-17)14-13-22-9-3-4-10-22/h15,17H,1-14,16H2. The number of rotatable bonds is 5. The van der Waals surface area contributed by atoms with Gasteiger partial charge in [-0.2, -0.15) is 5.10 Å². The molecule has 0 unspecified atom stereocenters. The molecule has 0 atom stereocenters. The van der Waals surface area contributed by atoms with E-state index in [2.05, 4.69) is 9.80 Å². The predicted molar refractivity (Wildman–Crippen MR) is 100.0 cm³/mol. The van der Waals surface area contributed by atoms with E-state index in [4.69, 9.17) is 5.10 Å². The van der Waals surface area contributed by atoms with Crippen LogP contribution >= 0.6 is 0 Å². The van der Waals surface area contributed by atoms with Crippen molar-refractivity contribution in [2.24, 2.45) is 5.92 Å². The van der Waals surface area contributed by atoms with E-state index in [9.17, 15) is 4.79 Å². The Balaban J connectivity index is 1.27. The molecule has 0 aromatic carbocycles. The molecule has 0 N–H and O–H groups in total. The van der Waals surface area contributed by atoms with Gasteiger partial charge in [0, 0.05) is 25.7 Å². The van der Waals surface area contributed by atoms with Gasteiger partial charge < -0.3 is 9.80 Å². The number of aromatic nitrogens is 2. The van der Waals surface area contributed by atoms with Gasteiger partial charge in [0.25, 0.3) is 5.56 Å². The van der Waals surface area contributed by atoms with Crippen molar-refractivity contribution in [2.45, 2.75) is 57.9 Å². The van der Waals surface area contributed by atoms with Crippen LogP contribution in [-0.4, -0.2) is 58.8 Å². The largest absolute Gasteiger partial charge is 0.302 e. The molecule has 138 valence electrons. The van der Waals surface area contributed by atoms with Crippen LogP contribution in [0.4, 0.5) is 0 Å². The lowest BCUT2D eigenvalue weighted by Gasteiger charge is -2.33. The fourth-order valence-corrected chi connectivity index (χ4v) is 4.66. The van der Waals surface area contributed by atoms with Crippen molar-refractivity contribution in [2.75, 3.05) is 39.3 Å². The van der Waals surface area contributed by atoms with E-state index >= 15 is 0 Å². The molecule has 1 aromatic heterocycles. The highest BCUT2D eigenvalue weighted by atomic mass is 16.1. The Kier molecular flexibility index (Phi) is 5.51. The molecule has 0 saturated carbocycles. The molecule has 4 rings (SSSR count). The molecule has 0 radical (unpaired) electrons. The van der Waals surface area contributed by atoms with Crippen LogP contribution in [0.3, 0.4) is 0 Å². The lowest BCUT2D eigenvalue weighted by Crippen LogP contribution is -2.40. The zero-order chi connectivity index (χ0) is 17.1. The van der Waals surface area contributed by atoms with Gasteiger partial charge in [-0.15, -0.1) is 0 Å². The van der Waals surface area contributed by atoms with Crippen LogP contribution in [0.25, 0.3) is 0 Å². The maximum absolute atomic E-state index is 12.4. The first-order valence-electron chi connectivity index (χ1n) is 10.3. The van der Waals surface area contributed by atoms with Crippen molar-refractivity contribution in [3.63, 3.8) is 0 Å². The highest BCUT2D eigenvalue weighted by Gasteiger charge is 2.22. The first-order chi connectivity index (χ1) is 12.3. The fourth-order valence-electron chi connectivity index (χ4n) is 4.66. The molecule has 25 heavy (non-hydrogen) atoms. The molecule has 0 bridgehead atoms. The van der Waals surface area contributed by atoms with Crippen LogP contribution in [0, 0.1) is 5.92 Å². The topological polar surface area (TPSA) is 41.4 Å². The lowest BCUT2D eigenvalue weighted by atomic mass is 9.96. The minimum atomic E-state index is 0.108. The Hall–Kier alpha value is -1.20. The number of hydrogen-bond donors (Lipinski definition) is 0. The first-order valence-corrected chi connectivity index (χ1v) is 10.3. The molecule has 2 saturated heterocycles. The Labute approximate surface area is 151 Å². The average Bonchev–Trinajstić information content (AvgIpc) is 3.15. The molecule has 2 fully saturated rings. The molecular formula is C20H32N4O. The zero-order valence-corrected chi connectivity index (χ0v) is 15.5. The predicted octanol–water partition coefficient (Wildman–Crippen LogP) is 1.93. The number of nitrogens with zero attached hydrogens (tertiary/aromatic N) is 4. The number of aryl methyl sites for hydroxylation is 2. The van der Waals surface area contributed by atoms with E-state index in [0.29, 0.717) is 5.92 Å². The lowest BCUT2D eigenvalue weighted by molar-refractivity contribution is 0.153. The Morgan fingerprint density at radius 3 is 2.36 bits per heavy atom. The summed E-state index contributed by atoms with van der Waals surface area (Å²) in [6.45, 7) is 8.20. The maximum atomic E-state index is 12.4. The minimum absolute atomic E-state index is 0.108. The molecule has 0 spiro atoms. The van der Waals surface area contributed by atoms with Crippen molar-refractivity contribution in [1.29, 1.82) is 0 Å². The van der Waals surface area contributed by atoms with E-state index in [1.54, 1.807) is 4.68 Å². The third-order valence-corrected chi connectivity index (χ3v) is 6.34. The molecule has 5 nitrogen and oxygen atoms in total. The van der Waals surface area contributed by atoms with Gasteiger partial charge in [0.15, 0.2) is 0 Å². The van der Waals surface area contributed by atoms with Crippen molar-refractivity contribution in [3.8, 4) is 0 Å². The molecule has 3 heterocycles. The minimum Gasteiger partial charge on any atom is -0.302 e. The van der Waals surface area contributed by atoms with E-state index in [0.717, 1.165) is 19.4 Å². The second-order valence-corrected chi connectivity index (χ2v) is 8.18. The molecule has 0 amide bonds. The van der Waals surface area contributed by atoms with E-state index in [1.165, 1.54) is 89.1 Å². The molecule has 5 heteroatoms. The van der Waals surface area contributed by atoms with Gasteiger partial charge in [0.05, 0.1) is 5.69 Å². The number of hydrogen-bond acceptors (Lipinski definition) is 4. The van der Waals surface area contributed by atoms with Gasteiger partial charge >= 0.3 is 0 Å². The normalized spacial score (nSPS) is 23.0. The summed E-state index contributed by atoms with van der Waals surface area (Å²) in [5.41, 5.74) is 2.48. The number of likely N-dealkylation sites (tertiary alicyclic amines) is 2. The zero-order valence-electron chi connectivity index (χ0n) is 15.5.